The van der Waals surface area contributed by atoms with Crippen molar-refractivity contribution in [2.45, 2.75) is 25.5 Å². The maximum absolute atomic E-state index is 13.5. The monoisotopic (exact) mass is 473 g/mol. The lowest BCUT2D eigenvalue weighted by molar-refractivity contribution is -0.138. The third-order valence-electron chi connectivity index (χ3n) is 5.62. The molecule has 0 saturated carbocycles. The molecule has 6 heteroatoms. The molecule has 5 nitrogen and oxygen atoms in total. The molecule has 1 unspecified atom stereocenters. The van der Waals surface area contributed by atoms with Gasteiger partial charge >= 0.3 is 5.97 Å². The zero-order valence-electron chi connectivity index (χ0n) is 18.7. The third kappa shape index (κ3) is 4.68. The van der Waals surface area contributed by atoms with Crippen LogP contribution in [-0.4, -0.2) is 23.6 Å². The summed E-state index contributed by atoms with van der Waals surface area (Å²) in [6.07, 6.45) is 1.46. The van der Waals surface area contributed by atoms with Crippen LogP contribution in [0.15, 0.2) is 96.2 Å². The van der Waals surface area contributed by atoms with Crippen molar-refractivity contribution < 1.29 is 19.4 Å². The van der Waals surface area contributed by atoms with E-state index in [4.69, 9.17) is 16.3 Å². The van der Waals surface area contributed by atoms with Crippen LogP contribution >= 0.6 is 11.6 Å². The van der Waals surface area contributed by atoms with Gasteiger partial charge in [0, 0.05) is 23.1 Å². The standard InChI is InChI=1S/C28H24ClNO4/c1-2-34-26(31)22(18-20-10-5-3-6-11-20)16-17-28(33)25-23(29)14-9-15-24(25)30(27(28)32)19-21-12-7-4-8-13-21/h3-15,17,33H,2,18-19H2,1H3. The van der Waals surface area contributed by atoms with Crippen molar-refractivity contribution >= 4 is 29.2 Å². The predicted octanol–water partition coefficient (Wildman–Crippen LogP) is 4.96. The molecule has 3 aromatic rings. The highest BCUT2D eigenvalue weighted by Gasteiger charge is 2.49. The number of aliphatic hydroxyl groups is 1. The van der Waals surface area contributed by atoms with Crippen molar-refractivity contribution in [3.63, 3.8) is 0 Å². The summed E-state index contributed by atoms with van der Waals surface area (Å²) in [5.74, 6) is -1.12. The molecule has 0 saturated heterocycles. The molecule has 4 rings (SSSR count). The number of esters is 1. The maximum atomic E-state index is 13.5. The fourth-order valence-electron chi connectivity index (χ4n) is 3.99. The van der Waals surface area contributed by atoms with Gasteiger partial charge in [-0.05, 0) is 30.2 Å². The number of benzene rings is 3. The first-order valence-electron chi connectivity index (χ1n) is 11.0. The number of fused-ring (bicyclic) bond motifs is 1. The largest absolute Gasteiger partial charge is 0.462 e. The minimum Gasteiger partial charge on any atom is -0.462 e. The molecule has 1 amide bonds. The number of carbonyl (C=O) groups excluding carboxylic acids is 2. The first-order valence-corrected chi connectivity index (χ1v) is 11.4. The first-order chi connectivity index (χ1) is 16.4. The highest BCUT2D eigenvalue weighted by atomic mass is 35.5. The number of nitrogens with zero attached hydrogens (tertiary/aromatic N) is 1. The van der Waals surface area contributed by atoms with Gasteiger partial charge in [-0.15, -0.1) is 5.73 Å². The molecule has 0 bridgehead atoms. The molecule has 3 aromatic carbocycles. The van der Waals surface area contributed by atoms with E-state index in [-0.39, 0.29) is 35.7 Å². The maximum Gasteiger partial charge on any atom is 0.342 e. The van der Waals surface area contributed by atoms with E-state index in [1.165, 1.54) is 11.0 Å². The highest BCUT2D eigenvalue weighted by molar-refractivity contribution is 6.33. The number of anilines is 1. The van der Waals surface area contributed by atoms with Crippen LogP contribution in [0.3, 0.4) is 0 Å². The second kappa shape index (κ2) is 10.1. The number of rotatable bonds is 7. The molecule has 1 atom stereocenters. The van der Waals surface area contributed by atoms with Gasteiger partial charge in [-0.1, -0.05) is 78.3 Å². The summed E-state index contributed by atoms with van der Waals surface area (Å²) in [7, 11) is 0. The minimum absolute atomic E-state index is 0.196. The average molecular weight is 474 g/mol. The molecule has 0 aliphatic carbocycles. The minimum atomic E-state index is -2.07. The molecule has 0 fully saturated rings. The predicted molar refractivity (Wildman–Crippen MR) is 131 cm³/mol. The zero-order valence-corrected chi connectivity index (χ0v) is 19.5. The summed E-state index contributed by atoms with van der Waals surface area (Å²) in [6, 6.07) is 24.0. The highest BCUT2D eigenvalue weighted by Crippen LogP contribution is 2.45. The molecule has 172 valence electrons. The Kier molecular flexibility index (Phi) is 6.99. The van der Waals surface area contributed by atoms with Gasteiger partial charge in [-0.3, -0.25) is 4.79 Å². The Hall–Kier alpha value is -3.63. The fourth-order valence-corrected chi connectivity index (χ4v) is 4.30. The van der Waals surface area contributed by atoms with Crippen molar-refractivity contribution in [3.05, 3.63) is 118 Å². The van der Waals surface area contributed by atoms with E-state index < -0.39 is 17.5 Å². The summed E-state index contributed by atoms with van der Waals surface area (Å²) >= 11 is 6.46. The van der Waals surface area contributed by atoms with Crippen molar-refractivity contribution in [1.82, 2.24) is 0 Å². The number of hydrogen-bond donors (Lipinski definition) is 1. The third-order valence-corrected chi connectivity index (χ3v) is 5.93. The van der Waals surface area contributed by atoms with E-state index in [1.54, 1.807) is 25.1 Å². The fraction of sp³-hybridized carbons (Fsp3) is 0.179. The van der Waals surface area contributed by atoms with Crippen LogP contribution in [0.2, 0.25) is 5.02 Å². The molecule has 1 aliphatic rings. The Balaban J connectivity index is 1.78. The van der Waals surface area contributed by atoms with E-state index in [9.17, 15) is 14.7 Å². The molecule has 0 spiro atoms. The molecule has 1 N–H and O–H groups in total. The average Bonchev–Trinajstić information content (AvgIpc) is 3.06. The molecule has 0 aromatic heterocycles. The van der Waals surface area contributed by atoms with Gasteiger partial charge in [-0.2, -0.15) is 0 Å². The zero-order chi connectivity index (χ0) is 24.1. The second-order valence-electron chi connectivity index (χ2n) is 7.93. The van der Waals surface area contributed by atoms with Gasteiger partial charge < -0.3 is 14.7 Å². The van der Waals surface area contributed by atoms with Gasteiger partial charge in [-0.25, -0.2) is 4.79 Å². The van der Waals surface area contributed by atoms with Gasteiger partial charge in [0.1, 0.15) is 0 Å². The van der Waals surface area contributed by atoms with E-state index >= 15 is 0 Å². The van der Waals surface area contributed by atoms with E-state index in [1.807, 2.05) is 60.7 Å². The van der Waals surface area contributed by atoms with Gasteiger partial charge in [0.25, 0.3) is 5.91 Å². The number of amides is 1. The Morgan fingerprint density at radius 1 is 1.03 bits per heavy atom. The van der Waals surface area contributed by atoms with Crippen LogP contribution in [0.25, 0.3) is 0 Å². The van der Waals surface area contributed by atoms with E-state index in [0.29, 0.717) is 5.69 Å². The van der Waals surface area contributed by atoms with Crippen molar-refractivity contribution in [2.24, 2.45) is 0 Å². The summed E-state index contributed by atoms with van der Waals surface area (Å²) < 4.78 is 5.18. The number of hydrogen-bond acceptors (Lipinski definition) is 4. The summed E-state index contributed by atoms with van der Waals surface area (Å²) in [5.41, 5.74) is 3.57. The molecule has 1 aliphatic heterocycles. The number of halogens is 1. The molecular formula is C28H24ClNO4. The number of carbonyl (C=O) groups is 2. The van der Waals surface area contributed by atoms with Crippen LogP contribution in [-0.2, 0) is 32.9 Å². The summed E-state index contributed by atoms with van der Waals surface area (Å²) in [4.78, 5) is 27.6. The smallest absolute Gasteiger partial charge is 0.342 e. The lowest BCUT2D eigenvalue weighted by atomic mass is 9.94. The van der Waals surface area contributed by atoms with Gasteiger partial charge in [0.05, 0.1) is 24.4 Å². The van der Waals surface area contributed by atoms with Crippen LogP contribution < -0.4 is 4.90 Å². The van der Waals surface area contributed by atoms with E-state index in [0.717, 1.165) is 11.1 Å². The Morgan fingerprint density at radius 2 is 1.68 bits per heavy atom. The van der Waals surface area contributed by atoms with Crippen LogP contribution in [0.1, 0.15) is 23.6 Å². The van der Waals surface area contributed by atoms with Crippen molar-refractivity contribution in [1.29, 1.82) is 0 Å². The molecule has 1 heterocycles. The molecule has 0 radical (unpaired) electrons. The Bertz CT molecular complexity index is 1270. The lowest BCUT2D eigenvalue weighted by Crippen LogP contribution is -2.38. The quantitative estimate of drug-likeness (QED) is 0.299. The van der Waals surface area contributed by atoms with Crippen LogP contribution in [0, 0.1) is 0 Å². The normalized spacial score (nSPS) is 16.6. The summed E-state index contributed by atoms with van der Waals surface area (Å²) in [5, 5.41) is 11.9. The SMILES string of the molecule is CCOC(=O)C(=C=CC1(O)C(=O)N(Cc2ccccc2)c2cccc(Cl)c21)Cc1ccccc1. The molecular weight excluding hydrogens is 450 g/mol. The van der Waals surface area contributed by atoms with Crippen LogP contribution in [0.4, 0.5) is 5.69 Å². The number of ether oxygens (including phenoxy) is 1. The van der Waals surface area contributed by atoms with Gasteiger partial charge in [0.2, 0.25) is 0 Å². The topological polar surface area (TPSA) is 66.8 Å². The summed E-state index contributed by atoms with van der Waals surface area (Å²) in [6.45, 7) is 2.18. The van der Waals surface area contributed by atoms with E-state index in [2.05, 4.69) is 5.73 Å². The second-order valence-corrected chi connectivity index (χ2v) is 8.33. The first kappa shape index (κ1) is 23.5. The Morgan fingerprint density at radius 3 is 2.32 bits per heavy atom. The lowest BCUT2D eigenvalue weighted by Gasteiger charge is -2.20. The molecule has 34 heavy (non-hydrogen) atoms. The van der Waals surface area contributed by atoms with Crippen molar-refractivity contribution in [3.8, 4) is 0 Å². The van der Waals surface area contributed by atoms with Crippen LogP contribution in [0.5, 0.6) is 0 Å². The Labute approximate surface area is 203 Å². The van der Waals surface area contributed by atoms with Gasteiger partial charge in [0.15, 0.2) is 5.60 Å². The van der Waals surface area contributed by atoms with Crippen molar-refractivity contribution in [2.75, 3.05) is 11.5 Å².